The minimum Gasteiger partial charge on any atom is -0.497 e. The summed E-state index contributed by atoms with van der Waals surface area (Å²) in [4.78, 5) is 18.3. The van der Waals surface area contributed by atoms with Crippen LogP contribution in [0.5, 0.6) is 5.75 Å². The Hall–Kier alpha value is -3.03. The Kier molecular flexibility index (Phi) is 4.11. The predicted octanol–water partition coefficient (Wildman–Crippen LogP) is 3.90. The van der Waals surface area contributed by atoms with Gasteiger partial charge in [0.1, 0.15) is 11.6 Å². The lowest BCUT2D eigenvalue weighted by atomic mass is 10.2. The molecule has 0 saturated carbocycles. The first kappa shape index (κ1) is 15.9. The maximum atomic E-state index is 13.9. The molecule has 0 fully saturated rings. The number of rotatable bonds is 4. The zero-order valence-electron chi connectivity index (χ0n) is 12.4. The Morgan fingerprint density at radius 2 is 2.04 bits per heavy atom. The van der Waals surface area contributed by atoms with Gasteiger partial charge < -0.3 is 15.0 Å². The summed E-state index contributed by atoms with van der Waals surface area (Å²) in [6.45, 7) is 0. The number of fused-ring (bicyclic) bond motifs is 1. The van der Waals surface area contributed by atoms with Crippen molar-refractivity contribution in [1.82, 2.24) is 9.97 Å². The number of carbonyl (C=O) groups is 1. The standard InChI is InChI=1S/C16H12F3N3O2/c1-24-9-3-4-10(11(17)7-9)16(23)20-8-2-5-12-13(6-8)22-15(21-12)14(18)19/h2-7,14H,1H3,(H,20,23)(H,21,22). The van der Waals surface area contributed by atoms with Crippen molar-refractivity contribution >= 4 is 22.6 Å². The van der Waals surface area contributed by atoms with E-state index in [4.69, 9.17) is 4.74 Å². The van der Waals surface area contributed by atoms with Gasteiger partial charge in [-0.15, -0.1) is 0 Å². The molecule has 5 nitrogen and oxygen atoms in total. The molecule has 2 N–H and O–H groups in total. The third-order valence-corrected chi connectivity index (χ3v) is 3.39. The van der Waals surface area contributed by atoms with Gasteiger partial charge in [-0.1, -0.05) is 0 Å². The van der Waals surface area contributed by atoms with Crippen LogP contribution in [0.3, 0.4) is 0 Å². The molecule has 0 saturated heterocycles. The number of benzene rings is 2. The highest BCUT2D eigenvalue weighted by atomic mass is 19.3. The van der Waals surface area contributed by atoms with Crippen LogP contribution in [0.4, 0.5) is 18.9 Å². The van der Waals surface area contributed by atoms with Crippen molar-refractivity contribution in [2.45, 2.75) is 6.43 Å². The number of amides is 1. The summed E-state index contributed by atoms with van der Waals surface area (Å²) in [5, 5.41) is 2.51. The number of anilines is 1. The monoisotopic (exact) mass is 335 g/mol. The number of alkyl halides is 2. The minimum absolute atomic E-state index is 0.159. The lowest BCUT2D eigenvalue weighted by Crippen LogP contribution is -2.13. The molecule has 0 bridgehead atoms. The molecule has 0 aliphatic carbocycles. The number of carbonyl (C=O) groups excluding carboxylic acids is 1. The smallest absolute Gasteiger partial charge is 0.295 e. The third-order valence-electron chi connectivity index (χ3n) is 3.39. The molecule has 0 aliphatic rings. The van der Waals surface area contributed by atoms with Crippen LogP contribution in [-0.4, -0.2) is 23.0 Å². The number of ether oxygens (including phenoxy) is 1. The van der Waals surface area contributed by atoms with E-state index in [0.29, 0.717) is 22.5 Å². The number of imidazole rings is 1. The fraction of sp³-hybridized carbons (Fsp3) is 0.125. The van der Waals surface area contributed by atoms with Crippen molar-refractivity contribution in [3.63, 3.8) is 0 Å². The number of aromatic amines is 1. The van der Waals surface area contributed by atoms with Gasteiger partial charge in [0, 0.05) is 11.8 Å². The molecule has 1 aromatic heterocycles. The molecule has 124 valence electrons. The van der Waals surface area contributed by atoms with Crippen LogP contribution in [0, 0.1) is 5.82 Å². The van der Waals surface area contributed by atoms with Crippen molar-refractivity contribution in [2.24, 2.45) is 0 Å². The van der Waals surface area contributed by atoms with Gasteiger partial charge in [-0.2, -0.15) is 0 Å². The summed E-state index contributed by atoms with van der Waals surface area (Å²) in [6, 6.07) is 8.29. The topological polar surface area (TPSA) is 67.0 Å². The van der Waals surface area contributed by atoms with Gasteiger partial charge in [-0.3, -0.25) is 4.79 Å². The molecule has 1 heterocycles. The Morgan fingerprint density at radius 1 is 1.25 bits per heavy atom. The lowest BCUT2D eigenvalue weighted by Gasteiger charge is -2.07. The number of hydrogen-bond donors (Lipinski definition) is 2. The molecular weight excluding hydrogens is 323 g/mol. The molecule has 3 aromatic rings. The maximum absolute atomic E-state index is 13.9. The van der Waals surface area contributed by atoms with Gasteiger partial charge in [-0.05, 0) is 30.3 Å². The van der Waals surface area contributed by atoms with Crippen LogP contribution in [0.15, 0.2) is 36.4 Å². The van der Waals surface area contributed by atoms with E-state index in [1.807, 2.05) is 0 Å². The summed E-state index contributed by atoms with van der Waals surface area (Å²) < 4.78 is 44.0. The van der Waals surface area contributed by atoms with E-state index in [2.05, 4.69) is 15.3 Å². The molecular formula is C16H12F3N3O2. The van der Waals surface area contributed by atoms with E-state index in [1.165, 1.54) is 37.4 Å². The summed E-state index contributed by atoms with van der Waals surface area (Å²) in [7, 11) is 1.39. The fourth-order valence-corrected chi connectivity index (χ4v) is 2.22. The first-order chi connectivity index (χ1) is 11.5. The van der Waals surface area contributed by atoms with Gasteiger partial charge >= 0.3 is 0 Å². The quantitative estimate of drug-likeness (QED) is 0.760. The van der Waals surface area contributed by atoms with Crippen molar-refractivity contribution in [2.75, 3.05) is 12.4 Å². The predicted molar refractivity (Wildman–Crippen MR) is 82.0 cm³/mol. The summed E-state index contributed by atoms with van der Waals surface area (Å²) >= 11 is 0. The lowest BCUT2D eigenvalue weighted by molar-refractivity contribution is 0.102. The van der Waals surface area contributed by atoms with Crippen LogP contribution in [0.2, 0.25) is 0 Å². The molecule has 2 aromatic carbocycles. The van der Waals surface area contributed by atoms with E-state index >= 15 is 0 Å². The van der Waals surface area contributed by atoms with Crippen LogP contribution >= 0.6 is 0 Å². The number of H-pyrrole nitrogens is 1. The summed E-state index contributed by atoms with van der Waals surface area (Å²) in [5.41, 5.74) is 0.859. The number of hydrogen-bond acceptors (Lipinski definition) is 3. The second kappa shape index (κ2) is 6.23. The van der Waals surface area contributed by atoms with E-state index in [-0.39, 0.29) is 5.56 Å². The zero-order chi connectivity index (χ0) is 17.3. The van der Waals surface area contributed by atoms with Gasteiger partial charge in [-0.25, -0.2) is 18.2 Å². The van der Waals surface area contributed by atoms with Crippen LogP contribution in [-0.2, 0) is 0 Å². The van der Waals surface area contributed by atoms with E-state index in [0.717, 1.165) is 6.07 Å². The molecule has 8 heteroatoms. The SMILES string of the molecule is COc1ccc(C(=O)Nc2ccc3nc(C(F)F)[nH]c3c2)c(F)c1. The number of nitrogens with zero attached hydrogens (tertiary/aromatic N) is 1. The highest BCUT2D eigenvalue weighted by molar-refractivity contribution is 6.05. The molecule has 24 heavy (non-hydrogen) atoms. The zero-order valence-corrected chi connectivity index (χ0v) is 12.4. The highest BCUT2D eigenvalue weighted by Crippen LogP contribution is 2.23. The number of aromatic nitrogens is 2. The van der Waals surface area contributed by atoms with Crippen molar-refractivity contribution in [3.8, 4) is 5.75 Å². The van der Waals surface area contributed by atoms with E-state index in [1.54, 1.807) is 0 Å². The van der Waals surface area contributed by atoms with Crippen molar-refractivity contribution in [3.05, 3.63) is 53.6 Å². The molecule has 0 radical (unpaired) electrons. The average Bonchev–Trinajstić information content (AvgIpc) is 2.98. The molecule has 1 amide bonds. The van der Waals surface area contributed by atoms with Crippen LogP contribution in [0.25, 0.3) is 11.0 Å². The van der Waals surface area contributed by atoms with Crippen molar-refractivity contribution in [1.29, 1.82) is 0 Å². The van der Waals surface area contributed by atoms with E-state index < -0.39 is 24.0 Å². The average molecular weight is 335 g/mol. The second-order valence-corrected chi connectivity index (χ2v) is 4.95. The minimum atomic E-state index is -2.72. The second-order valence-electron chi connectivity index (χ2n) is 4.95. The number of methoxy groups -OCH3 is 1. The first-order valence-electron chi connectivity index (χ1n) is 6.90. The number of halogens is 3. The van der Waals surface area contributed by atoms with Gasteiger partial charge in [0.25, 0.3) is 12.3 Å². The van der Waals surface area contributed by atoms with E-state index in [9.17, 15) is 18.0 Å². The Bertz CT molecular complexity index is 909. The van der Waals surface area contributed by atoms with Crippen LogP contribution < -0.4 is 10.1 Å². The first-order valence-corrected chi connectivity index (χ1v) is 6.90. The van der Waals surface area contributed by atoms with Gasteiger partial charge in [0.15, 0.2) is 5.82 Å². The fourth-order valence-electron chi connectivity index (χ4n) is 2.22. The number of nitrogens with one attached hydrogen (secondary N) is 2. The molecule has 0 aliphatic heterocycles. The molecule has 0 unspecified atom stereocenters. The summed E-state index contributed by atoms with van der Waals surface area (Å²) in [6.07, 6.45) is -2.72. The Morgan fingerprint density at radius 3 is 2.71 bits per heavy atom. The maximum Gasteiger partial charge on any atom is 0.295 e. The highest BCUT2D eigenvalue weighted by Gasteiger charge is 2.15. The molecule has 0 spiro atoms. The third kappa shape index (κ3) is 3.03. The Labute approximate surface area is 134 Å². The van der Waals surface area contributed by atoms with Gasteiger partial charge in [0.05, 0.1) is 23.7 Å². The molecule has 0 atom stereocenters. The van der Waals surface area contributed by atoms with Crippen molar-refractivity contribution < 1.29 is 22.7 Å². The Balaban J connectivity index is 1.85. The summed E-state index contributed by atoms with van der Waals surface area (Å²) in [5.74, 6) is -1.55. The normalized spacial score (nSPS) is 11.0. The largest absolute Gasteiger partial charge is 0.497 e. The van der Waals surface area contributed by atoms with Gasteiger partial charge in [0.2, 0.25) is 0 Å². The molecule has 3 rings (SSSR count). The van der Waals surface area contributed by atoms with Crippen LogP contribution in [0.1, 0.15) is 22.6 Å².